The molecular weight excluding hydrogens is 294 g/mol. The van der Waals surface area contributed by atoms with Crippen molar-refractivity contribution in [2.45, 2.75) is 33.1 Å². The summed E-state index contributed by atoms with van der Waals surface area (Å²) in [6.07, 6.45) is 5.06. The monoisotopic (exact) mass is 313 g/mol. The van der Waals surface area contributed by atoms with Gasteiger partial charge in [-0.25, -0.2) is 0 Å². The molecule has 1 saturated heterocycles. The molecule has 0 aliphatic carbocycles. The van der Waals surface area contributed by atoms with Crippen molar-refractivity contribution in [1.82, 2.24) is 15.1 Å². The third-order valence-corrected chi connectivity index (χ3v) is 4.41. The van der Waals surface area contributed by atoms with Crippen LogP contribution in [0.15, 0.2) is 10.7 Å². The van der Waals surface area contributed by atoms with E-state index in [4.69, 9.17) is 0 Å². The SMILES string of the molecule is CC(C)[C@H]1CCCN(C(=O)c2[nH]ncc2Br)CC1. The van der Waals surface area contributed by atoms with E-state index in [1.54, 1.807) is 6.20 Å². The molecule has 18 heavy (non-hydrogen) atoms. The third kappa shape index (κ3) is 2.94. The van der Waals surface area contributed by atoms with E-state index in [2.05, 4.69) is 40.0 Å². The molecule has 1 aliphatic heterocycles. The summed E-state index contributed by atoms with van der Waals surface area (Å²) >= 11 is 3.35. The van der Waals surface area contributed by atoms with Crippen molar-refractivity contribution in [3.63, 3.8) is 0 Å². The third-order valence-electron chi connectivity index (χ3n) is 3.81. The van der Waals surface area contributed by atoms with E-state index >= 15 is 0 Å². The molecule has 0 aromatic carbocycles. The van der Waals surface area contributed by atoms with Crippen LogP contribution < -0.4 is 0 Å². The number of carbonyl (C=O) groups excluding carboxylic acids is 1. The number of nitrogens with one attached hydrogen (secondary N) is 1. The summed E-state index contributed by atoms with van der Waals surface area (Å²) < 4.78 is 0.747. The molecular formula is C13H20BrN3O. The Hall–Kier alpha value is -0.840. The Morgan fingerprint density at radius 1 is 1.50 bits per heavy atom. The number of likely N-dealkylation sites (tertiary alicyclic amines) is 1. The Balaban J connectivity index is 2.02. The van der Waals surface area contributed by atoms with Gasteiger partial charge in [0, 0.05) is 13.1 Å². The van der Waals surface area contributed by atoms with Gasteiger partial charge in [0.05, 0.1) is 10.7 Å². The number of amides is 1. The molecule has 2 rings (SSSR count). The first-order chi connectivity index (χ1) is 8.59. The van der Waals surface area contributed by atoms with Gasteiger partial charge in [-0.15, -0.1) is 0 Å². The van der Waals surface area contributed by atoms with Crippen LogP contribution in [0, 0.1) is 11.8 Å². The Morgan fingerprint density at radius 3 is 2.89 bits per heavy atom. The summed E-state index contributed by atoms with van der Waals surface area (Å²) in [6, 6.07) is 0. The summed E-state index contributed by atoms with van der Waals surface area (Å²) in [6.45, 7) is 6.25. The summed E-state index contributed by atoms with van der Waals surface area (Å²) in [5.41, 5.74) is 0.568. The van der Waals surface area contributed by atoms with Crippen LogP contribution in [0.3, 0.4) is 0 Å². The Kier molecular flexibility index (Phi) is 4.43. The van der Waals surface area contributed by atoms with Crippen LogP contribution in [-0.2, 0) is 0 Å². The number of aromatic amines is 1. The minimum atomic E-state index is 0.0591. The summed E-state index contributed by atoms with van der Waals surface area (Å²) in [4.78, 5) is 14.3. The van der Waals surface area contributed by atoms with Crippen molar-refractivity contribution in [2.75, 3.05) is 13.1 Å². The van der Waals surface area contributed by atoms with E-state index < -0.39 is 0 Å². The molecule has 0 saturated carbocycles. The molecule has 5 heteroatoms. The lowest BCUT2D eigenvalue weighted by molar-refractivity contribution is 0.0752. The van der Waals surface area contributed by atoms with Crippen LogP contribution in [0.1, 0.15) is 43.6 Å². The van der Waals surface area contributed by atoms with Crippen molar-refractivity contribution in [2.24, 2.45) is 11.8 Å². The molecule has 100 valence electrons. The number of halogens is 1. The molecule has 1 aromatic heterocycles. The van der Waals surface area contributed by atoms with Crippen LogP contribution in [0.5, 0.6) is 0 Å². The zero-order valence-electron chi connectivity index (χ0n) is 10.9. The molecule has 4 nitrogen and oxygen atoms in total. The quantitative estimate of drug-likeness (QED) is 0.912. The molecule has 1 atom stereocenters. The summed E-state index contributed by atoms with van der Waals surface area (Å²) in [5, 5.41) is 6.65. The molecule has 2 heterocycles. The number of nitrogens with zero attached hydrogens (tertiary/aromatic N) is 2. The van der Waals surface area contributed by atoms with Gasteiger partial charge >= 0.3 is 0 Å². The van der Waals surface area contributed by atoms with E-state index in [0.717, 1.165) is 36.3 Å². The fourth-order valence-electron chi connectivity index (χ4n) is 2.57. The lowest BCUT2D eigenvalue weighted by Gasteiger charge is -2.21. The highest BCUT2D eigenvalue weighted by Crippen LogP contribution is 2.25. The van der Waals surface area contributed by atoms with Gasteiger partial charge in [-0.3, -0.25) is 9.89 Å². The Labute approximate surface area is 116 Å². The number of rotatable bonds is 2. The number of aromatic nitrogens is 2. The second-order valence-electron chi connectivity index (χ2n) is 5.32. The van der Waals surface area contributed by atoms with E-state index in [-0.39, 0.29) is 5.91 Å². The van der Waals surface area contributed by atoms with Crippen molar-refractivity contribution in [3.8, 4) is 0 Å². The normalized spacial score (nSPS) is 21.1. The molecule has 1 fully saturated rings. The van der Waals surface area contributed by atoms with E-state index in [1.807, 2.05) is 4.90 Å². The van der Waals surface area contributed by atoms with E-state index in [1.165, 1.54) is 6.42 Å². The largest absolute Gasteiger partial charge is 0.337 e. The van der Waals surface area contributed by atoms with Gasteiger partial charge in [-0.2, -0.15) is 5.10 Å². The zero-order chi connectivity index (χ0) is 13.1. The second-order valence-corrected chi connectivity index (χ2v) is 6.17. The first kappa shape index (κ1) is 13.6. The summed E-state index contributed by atoms with van der Waals surface area (Å²) in [5.74, 6) is 1.51. The molecule has 0 bridgehead atoms. The summed E-state index contributed by atoms with van der Waals surface area (Å²) in [7, 11) is 0. The zero-order valence-corrected chi connectivity index (χ0v) is 12.5. The van der Waals surface area contributed by atoms with Crippen LogP contribution >= 0.6 is 15.9 Å². The molecule has 0 unspecified atom stereocenters. The lowest BCUT2D eigenvalue weighted by atomic mass is 9.89. The van der Waals surface area contributed by atoms with Gasteiger partial charge in [0.15, 0.2) is 0 Å². The van der Waals surface area contributed by atoms with Crippen LogP contribution in [0.4, 0.5) is 0 Å². The lowest BCUT2D eigenvalue weighted by Crippen LogP contribution is -2.32. The van der Waals surface area contributed by atoms with E-state index in [0.29, 0.717) is 11.6 Å². The molecule has 1 aliphatic rings. The van der Waals surface area contributed by atoms with Gasteiger partial charge in [0.25, 0.3) is 5.91 Å². The highest BCUT2D eigenvalue weighted by Gasteiger charge is 2.24. The van der Waals surface area contributed by atoms with Crippen molar-refractivity contribution >= 4 is 21.8 Å². The Bertz CT molecular complexity index is 416. The van der Waals surface area contributed by atoms with E-state index in [9.17, 15) is 4.79 Å². The first-order valence-electron chi connectivity index (χ1n) is 6.57. The van der Waals surface area contributed by atoms with Gasteiger partial charge in [0.2, 0.25) is 0 Å². The van der Waals surface area contributed by atoms with Crippen LogP contribution in [-0.4, -0.2) is 34.1 Å². The van der Waals surface area contributed by atoms with Crippen molar-refractivity contribution < 1.29 is 4.79 Å². The topological polar surface area (TPSA) is 49.0 Å². The minimum Gasteiger partial charge on any atom is -0.337 e. The molecule has 1 N–H and O–H groups in total. The molecule has 0 spiro atoms. The number of hydrogen-bond acceptors (Lipinski definition) is 2. The predicted octanol–water partition coefficient (Wildman–Crippen LogP) is 3.07. The molecule has 0 radical (unpaired) electrons. The standard InChI is InChI=1S/C13H20BrN3O/c1-9(2)10-4-3-6-17(7-5-10)13(18)12-11(14)8-15-16-12/h8-10H,3-7H2,1-2H3,(H,15,16)/t10-/m0/s1. The number of H-pyrrole nitrogens is 1. The van der Waals surface area contributed by atoms with Crippen LogP contribution in [0.2, 0.25) is 0 Å². The predicted molar refractivity (Wildman–Crippen MR) is 74.4 cm³/mol. The maximum absolute atomic E-state index is 12.3. The maximum Gasteiger partial charge on any atom is 0.273 e. The highest BCUT2D eigenvalue weighted by molar-refractivity contribution is 9.10. The van der Waals surface area contributed by atoms with Gasteiger partial charge in [0.1, 0.15) is 5.69 Å². The molecule has 1 amide bonds. The van der Waals surface area contributed by atoms with Gasteiger partial charge in [-0.05, 0) is 47.0 Å². The van der Waals surface area contributed by atoms with Gasteiger partial charge < -0.3 is 4.90 Å². The molecule has 1 aromatic rings. The van der Waals surface area contributed by atoms with Gasteiger partial charge in [-0.1, -0.05) is 13.8 Å². The van der Waals surface area contributed by atoms with Crippen molar-refractivity contribution in [1.29, 1.82) is 0 Å². The average Bonchev–Trinajstić information content (AvgIpc) is 2.63. The average molecular weight is 314 g/mol. The first-order valence-corrected chi connectivity index (χ1v) is 7.37. The maximum atomic E-state index is 12.3. The minimum absolute atomic E-state index is 0.0591. The number of hydrogen-bond donors (Lipinski definition) is 1. The fourth-order valence-corrected chi connectivity index (χ4v) is 2.93. The Morgan fingerprint density at radius 2 is 2.28 bits per heavy atom. The highest BCUT2D eigenvalue weighted by atomic mass is 79.9. The fraction of sp³-hybridized carbons (Fsp3) is 0.692. The second kappa shape index (κ2) is 5.87. The number of carbonyl (C=O) groups is 1. The van der Waals surface area contributed by atoms with Crippen LogP contribution in [0.25, 0.3) is 0 Å². The smallest absolute Gasteiger partial charge is 0.273 e. The van der Waals surface area contributed by atoms with Crippen molar-refractivity contribution in [3.05, 3.63) is 16.4 Å².